The Morgan fingerprint density at radius 2 is 2.28 bits per heavy atom. The number of hydrogen-bond acceptors (Lipinski definition) is 3. The van der Waals surface area contributed by atoms with Gasteiger partial charge in [-0.1, -0.05) is 18.5 Å². The standard InChI is InChI=1S/C13H15BrClNOS/c1-3-6-16-12(9-4-5-11(14)17-9)10-7-8(2)13(15)18-10/h4-5,7,12,16H,3,6H2,1-2H3. The Hall–Kier alpha value is -0.290. The number of nitrogens with one attached hydrogen (secondary N) is 1. The van der Waals surface area contributed by atoms with Gasteiger partial charge in [-0.2, -0.15) is 0 Å². The van der Waals surface area contributed by atoms with Crippen molar-refractivity contribution in [3.63, 3.8) is 0 Å². The molecule has 2 nitrogen and oxygen atoms in total. The molecule has 0 aliphatic heterocycles. The van der Waals surface area contributed by atoms with Gasteiger partial charge in [0, 0.05) is 4.88 Å². The average molecular weight is 349 g/mol. The zero-order chi connectivity index (χ0) is 13.1. The van der Waals surface area contributed by atoms with Crippen LogP contribution in [-0.4, -0.2) is 6.54 Å². The Morgan fingerprint density at radius 3 is 2.78 bits per heavy atom. The molecule has 0 saturated carbocycles. The summed E-state index contributed by atoms with van der Waals surface area (Å²) in [5.74, 6) is 0.910. The molecule has 0 saturated heterocycles. The Bertz CT molecular complexity index is 503. The van der Waals surface area contributed by atoms with Crippen molar-refractivity contribution in [3.05, 3.63) is 43.4 Å². The molecule has 98 valence electrons. The Morgan fingerprint density at radius 1 is 1.50 bits per heavy atom. The van der Waals surface area contributed by atoms with Gasteiger partial charge in [0.05, 0.1) is 4.34 Å². The molecule has 2 heterocycles. The highest BCUT2D eigenvalue weighted by atomic mass is 79.9. The van der Waals surface area contributed by atoms with Gasteiger partial charge < -0.3 is 9.73 Å². The number of halogens is 2. The molecule has 0 aliphatic rings. The fourth-order valence-corrected chi connectivity index (χ4v) is 3.36. The van der Waals surface area contributed by atoms with E-state index in [4.69, 9.17) is 16.0 Å². The highest BCUT2D eigenvalue weighted by Crippen LogP contribution is 2.35. The summed E-state index contributed by atoms with van der Waals surface area (Å²) in [5, 5.41) is 3.49. The van der Waals surface area contributed by atoms with Crippen molar-refractivity contribution in [2.24, 2.45) is 0 Å². The van der Waals surface area contributed by atoms with Crippen molar-refractivity contribution in [1.82, 2.24) is 5.32 Å². The minimum absolute atomic E-state index is 0.0763. The average Bonchev–Trinajstić information content (AvgIpc) is 2.88. The van der Waals surface area contributed by atoms with E-state index in [-0.39, 0.29) is 6.04 Å². The Labute approximate surface area is 124 Å². The zero-order valence-electron chi connectivity index (χ0n) is 10.3. The van der Waals surface area contributed by atoms with E-state index in [9.17, 15) is 0 Å². The maximum atomic E-state index is 6.15. The van der Waals surface area contributed by atoms with Gasteiger partial charge in [-0.3, -0.25) is 0 Å². The second-order valence-electron chi connectivity index (χ2n) is 4.13. The highest BCUT2D eigenvalue weighted by molar-refractivity contribution is 9.10. The molecule has 2 rings (SSSR count). The van der Waals surface area contributed by atoms with Crippen LogP contribution in [0.2, 0.25) is 4.34 Å². The van der Waals surface area contributed by atoms with Crippen LogP contribution in [0.4, 0.5) is 0 Å². The van der Waals surface area contributed by atoms with Crippen molar-refractivity contribution in [1.29, 1.82) is 0 Å². The first-order valence-electron chi connectivity index (χ1n) is 5.86. The fourth-order valence-electron chi connectivity index (χ4n) is 1.74. The summed E-state index contributed by atoms with van der Waals surface area (Å²) in [5.41, 5.74) is 1.12. The molecule has 0 aliphatic carbocycles. The third-order valence-corrected chi connectivity index (χ3v) is 4.68. The summed E-state index contributed by atoms with van der Waals surface area (Å²) < 4.78 is 7.26. The molecule has 0 amide bonds. The minimum atomic E-state index is 0.0763. The second-order valence-corrected chi connectivity index (χ2v) is 6.60. The summed E-state index contributed by atoms with van der Waals surface area (Å²) in [4.78, 5) is 1.19. The molecule has 0 fully saturated rings. The van der Waals surface area contributed by atoms with Gasteiger partial charge in [-0.15, -0.1) is 11.3 Å². The molecule has 0 spiro atoms. The van der Waals surface area contributed by atoms with Crippen molar-refractivity contribution in [2.45, 2.75) is 26.3 Å². The third kappa shape index (κ3) is 3.18. The van der Waals surface area contributed by atoms with Crippen LogP contribution in [0.1, 0.15) is 35.6 Å². The molecule has 5 heteroatoms. The Kier molecular flexibility index (Phi) is 4.90. The SMILES string of the molecule is CCCNC(c1ccc(Br)o1)c1cc(C)c(Cl)s1. The maximum absolute atomic E-state index is 6.15. The summed E-state index contributed by atoms with van der Waals surface area (Å²) in [6.07, 6.45) is 1.08. The number of hydrogen-bond donors (Lipinski definition) is 1. The van der Waals surface area contributed by atoms with Crippen LogP contribution in [0.15, 0.2) is 27.3 Å². The summed E-state index contributed by atoms with van der Waals surface area (Å²) in [7, 11) is 0. The van der Waals surface area contributed by atoms with E-state index in [2.05, 4.69) is 34.2 Å². The molecule has 18 heavy (non-hydrogen) atoms. The number of rotatable bonds is 5. The molecule has 1 unspecified atom stereocenters. The van der Waals surface area contributed by atoms with Gasteiger partial charge in [-0.05, 0) is 59.6 Å². The molecular formula is C13H15BrClNOS. The highest BCUT2D eigenvalue weighted by Gasteiger charge is 2.20. The smallest absolute Gasteiger partial charge is 0.169 e. The molecule has 1 atom stereocenters. The van der Waals surface area contributed by atoms with Crippen LogP contribution >= 0.6 is 38.9 Å². The quantitative estimate of drug-likeness (QED) is 0.808. The predicted octanol–water partition coefficient (Wildman–Crippen LogP) is 5.15. The third-order valence-electron chi connectivity index (χ3n) is 2.64. The summed E-state index contributed by atoms with van der Waals surface area (Å²) >= 11 is 11.1. The largest absolute Gasteiger partial charge is 0.452 e. The van der Waals surface area contributed by atoms with E-state index < -0.39 is 0 Å². The normalized spacial score (nSPS) is 12.9. The second kappa shape index (κ2) is 6.24. The first kappa shape index (κ1) is 14.1. The zero-order valence-corrected chi connectivity index (χ0v) is 13.5. The molecule has 2 aromatic rings. The molecule has 0 radical (unpaired) electrons. The summed E-state index contributed by atoms with van der Waals surface area (Å²) in [6.45, 7) is 5.11. The van der Waals surface area contributed by atoms with Crippen LogP contribution in [0.25, 0.3) is 0 Å². The molecule has 0 bridgehead atoms. The van der Waals surface area contributed by atoms with Crippen LogP contribution in [0, 0.1) is 6.92 Å². The lowest BCUT2D eigenvalue weighted by Crippen LogP contribution is -2.21. The topological polar surface area (TPSA) is 25.2 Å². The van der Waals surface area contributed by atoms with Gasteiger partial charge >= 0.3 is 0 Å². The van der Waals surface area contributed by atoms with Gasteiger partial charge in [0.15, 0.2) is 4.67 Å². The number of furan rings is 1. The first-order chi connectivity index (χ1) is 8.61. The lowest BCUT2D eigenvalue weighted by molar-refractivity contribution is 0.436. The summed E-state index contributed by atoms with van der Waals surface area (Å²) in [6, 6.07) is 6.10. The van der Waals surface area contributed by atoms with E-state index >= 15 is 0 Å². The molecular weight excluding hydrogens is 334 g/mol. The molecule has 2 aromatic heterocycles. The van der Waals surface area contributed by atoms with E-state index in [0.717, 1.165) is 33.3 Å². The van der Waals surface area contributed by atoms with Crippen LogP contribution in [-0.2, 0) is 0 Å². The van der Waals surface area contributed by atoms with Gasteiger partial charge in [0.25, 0.3) is 0 Å². The van der Waals surface area contributed by atoms with Gasteiger partial charge in [-0.25, -0.2) is 0 Å². The fraction of sp³-hybridized carbons (Fsp3) is 0.385. The number of aryl methyl sites for hydroxylation is 1. The first-order valence-corrected chi connectivity index (χ1v) is 7.85. The molecule has 1 N–H and O–H groups in total. The predicted molar refractivity (Wildman–Crippen MR) is 80.6 cm³/mol. The van der Waals surface area contributed by atoms with Crippen molar-refractivity contribution in [2.75, 3.05) is 6.54 Å². The van der Waals surface area contributed by atoms with Crippen LogP contribution in [0.3, 0.4) is 0 Å². The van der Waals surface area contributed by atoms with Crippen molar-refractivity contribution >= 4 is 38.9 Å². The van der Waals surface area contributed by atoms with E-state index in [1.807, 2.05) is 19.1 Å². The van der Waals surface area contributed by atoms with E-state index in [1.54, 1.807) is 11.3 Å². The van der Waals surface area contributed by atoms with Crippen molar-refractivity contribution < 1.29 is 4.42 Å². The van der Waals surface area contributed by atoms with E-state index in [1.165, 1.54) is 4.88 Å². The monoisotopic (exact) mass is 347 g/mol. The Balaban J connectivity index is 2.30. The van der Waals surface area contributed by atoms with Crippen LogP contribution in [0.5, 0.6) is 0 Å². The lowest BCUT2D eigenvalue weighted by atomic mass is 10.1. The van der Waals surface area contributed by atoms with Gasteiger partial charge in [0.1, 0.15) is 11.8 Å². The number of thiophene rings is 1. The van der Waals surface area contributed by atoms with Gasteiger partial charge in [0.2, 0.25) is 0 Å². The maximum Gasteiger partial charge on any atom is 0.169 e. The minimum Gasteiger partial charge on any atom is -0.452 e. The van der Waals surface area contributed by atoms with Crippen molar-refractivity contribution in [3.8, 4) is 0 Å². The van der Waals surface area contributed by atoms with Crippen LogP contribution < -0.4 is 5.32 Å². The van der Waals surface area contributed by atoms with E-state index in [0.29, 0.717) is 0 Å². The lowest BCUT2D eigenvalue weighted by Gasteiger charge is -2.14. The molecule has 0 aromatic carbocycles.